The topological polar surface area (TPSA) is 42.7 Å². The molecular formula is C16H23ClN4. The van der Waals surface area contributed by atoms with Gasteiger partial charge in [-0.25, -0.2) is 4.98 Å². The molecule has 0 spiro atoms. The Morgan fingerprint density at radius 3 is 2.81 bits per heavy atom. The molecule has 0 aliphatic carbocycles. The van der Waals surface area contributed by atoms with Gasteiger partial charge >= 0.3 is 0 Å². The summed E-state index contributed by atoms with van der Waals surface area (Å²) in [5.41, 5.74) is 1.24. The second kappa shape index (κ2) is 7.57. The zero-order valence-corrected chi connectivity index (χ0v) is 13.6. The van der Waals surface area contributed by atoms with Crippen LogP contribution in [0.3, 0.4) is 0 Å². The van der Waals surface area contributed by atoms with Gasteiger partial charge in [-0.05, 0) is 24.6 Å². The number of nitrogens with one attached hydrogen (secondary N) is 1. The number of aromatic nitrogens is 3. The first-order valence-electron chi connectivity index (χ1n) is 7.45. The lowest BCUT2D eigenvalue weighted by Crippen LogP contribution is -2.29. The third-order valence-electron chi connectivity index (χ3n) is 3.52. The number of nitrogens with zero attached hydrogens (tertiary/aromatic N) is 3. The van der Waals surface area contributed by atoms with Crippen LogP contribution in [0, 0.1) is 0 Å². The van der Waals surface area contributed by atoms with E-state index in [0.29, 0.717) is 12.0 Å². The molecule has 1 atom stereocenters. The summed E-state index contributed by atoms with van der Waals surface area (Å²) in [5.74, 6) is 1.36. The number of hydrogen-bond acceptors (Lipinski definition) is 3. The van der Waals surface area contributed by atoms with Gasteiger partial charge in [0.15, 0.2) is 0 Å². The van der Waals surface area contributed by atoms with E-state index in [1.807, 2.05) is 22.9 Å². The van der Waals surface area contributed by atoms with Gasteiger partial charge in [0.1, 0.15) is 12.2 Å². The third kappa shape index (κ3) is 4.55. The molecule has 21 heavy (non-hydrogen) atoms. The van der Waals surface area contributed by atoms with E-state index in [1.54, 1.807) is 6.33 Å². The molecule has 0 aliphatic rings. The smallest absolute Gasteiger partial charge is 0.138 e. The van der Waals surface area contributed by atoms with Gasteiger partial charge in [0.2, 0.25) is 0 Å². The van der Waals surface area contributed by atoms with Crippen molar-refractivity contribution in [2.24, 2.45) is 0 Å². The van der Waals surface area contributed by atoms with Gasteiger partial charge < -0.3 is 5.32 Å². The molecule has 4 nitrogen and oxygen atoms in total. The molecule has 0 saturated heterocycles. The van der Waals surface area contributed by atoms with Gasteiger partial charge in [-0.15, -0.1) is 0 Å². The van der Waals surface area contributed by atoms with Crippen LogP contribution in [0.15, 0.2) is 30.6 Å². The highest BCUT2D eigenvalue weighted by Crippen LogP contribution is 2.22. The minimum absolute atomic E-state index is 0.334. The van der Waals surface area contributed by atoms with Gasteiger partial charge in [-0.2, -0.15) is 5.10 Å². The van der Waals surface area contributed by atoms with Crippen LogP contribution in [0.25, 0.3) is 0 Å². The lowest BCUT2D eigenvalue weighted by Gasteiger charge is -2.20. The van der Waals surface area contributed by atoms with Crippen molar-refractivity contribution in [2.45, 2.75) is 45.7 Å². The summed E-state index contributed by atoms with van der Waals surface area (Å²) in [6.07, 6.45) is 2.48. The van der Waals surface area contributed by atoms with Crippen molar-refractivity contribution in [1.82, 2.24) is 20.1 Å². The minimum atomic E-state index is 0.334. The number of hydrogen-bond donors (Lipinski definition) is 1. The predicted molar refractivity (Wildman–Crippen MR) is 86.7 cm³/mol. The van der Waals surface area contributed by atoms with Crippen molar-refractivity contribution in [1.29, 1.82) is 0 Å². The lowest BCUT2D eigenvalue weighted by atomic mass is 9.95. The second-order valence-corrected chi connectivity index (χ2v) is 5.95. The number of benzene rings is 1. The van der Waals surface area contributed by atoms with Crippen LogP contribution in [-0.4, -0.2) is 27.4 Å². The normalized spacial score (nSPS) is 12.8. The summed E-state index contributed by atoms with van der Waals surface area (Å²) in [6.45, 7) is 8.13. The van der Waals surface area contributed by atoms with Gasteiger partial charge in [-0.3, -0.25) is 4.68 Å². The molecule has 0 radical (unpaired) electrons. The van der Waals surface area contributed by atoms with Crippen molar-refractivity contribution < 1.29 is 0 Å². The fourth-order valence-electron chi connectivity index (χ4n) is 2.38. The Hall–Kier alpha value is -1.39. The Bertz CT molecular complexity index is 565. The highest BCUT2D eigenvalue weighted by atomic mass is 35.5. The van der Waals surface area contributed by atoms with Crippen LogP contribution >= 0.6 is 11.6 Å². The number of rotatable bonds is 7. The summed E-state index contributed by atoms with van der Waals surface area (Å²) < 4.78 is 1.95. The van der Waals surface area contributed by atoms with E-state index in [9.17, 15) is 0 Å². The SMILES string of the molecule is CCn1ncnc1CC(CNC(C)C)c1cccc(Cl)c1. The van der Waals surface area contributed by atoms with Crippen molar-refractivity contribution in [2.75, 3.05) is 6.54 Å². The lowest BCUT2D eigenvalue weighted by molar-refractivity contribution is 0.505. The molecule has 0 fully saturated rings. The van der Waals surface area contributed by atoms with Crippen molar-refractivity contribution in [3.63, 3.8) is 0 Å². The Labute approximate surface area is 131 Å². The standard InChI is InChI=1S/C16H23ClN4/c1-4-21-16(19-11-20-21)9-14(10-18-12(2)3)13-6-5-7-15(17)8-13/h5-8,11-12,14,18H,4,9-10H2,1-3H3. The Morgan fingerprint density at radius 1 is 1.33 bits per heavy atom. The van der Waals surface area contributed by atoms with E-state index < -0.39 is 0 Å². The molecule has 0 aliphatic heterocycles. The molecule has 114 valence electrons. The van der Waals surface area contributed by atoms with Crippen LogP contribution < -0.4 is 5.32 Å². The fourth-order valence-corrected chi connectivity index (χ4v) is 2.58. The predicted octanol–water partition coefficient (Wildman–Crippen LogP) is 3.28. The van der Waals surface area contributed by atoms with Crippen molar-refractivity contribution in [3.05, 3.63) is 47.0 Å². The summed E-state index contributed by atoms with van der Waals surface area (Å²) >= 11 is 6.14. The highest BCUT2D eigenvalue weighted by molar-refractivity contribution is 6.30. The van der Waals surface area contributed by atoms with Crippen LogP contribution in [0.2, 0.25) is 5.02 Å². The molecule has 0 bridgehead atoms. The maximum atomic E-state index is 6.14. The molecule has 1 N–H and O–H groups in total. The Morgan fingerprint density at radius 2 is 2.14 bits per heavy atom. The summed E-state index contributed by atoms with van der Waals surface area (Å²) in [4.78, 5) is 4.39. The summed E-state index contributed by atoms with van der Waals surface area (Å²) in [6, 6.07) is 8.54. The van der Waals surface area contributed by atoms with Crippen LogP contribution in [0.5, 0.6) is 0 Å². The first-order valence-corrected chi connectivity index (χ1v) is 7.83. The zero-order chi connectivity index (χ0) is 15.2. The monoisotopic (exact) mass is 306 g/mol. The van der Waals surface area contributed by atoms with Gasteiger partial charge in [0.25, 0.3) is 0 Å². The molecule has 2 rings (SSSR count). The average molecular weight is 307 g/mol. The van der Waals surface area contributed by atoms with E-state index in [0.717, 1.165) is 30.4 Å². The van der Waals surface area contributed by atoms with Crippen molar-refractivity contribution >= 4 is 11.6 Å². The molecule has 0 amide bonds. The molecule has 1 aromatic carbocycles. The first kappa shape index (κ1) is 16.0. The van der Waals surface area contributed by atoms with Crippen LogP contribution in [-0.2, 0) is 13.0 Å². The molecule has 2 aromatic rings. The number of halogens is 1. The van der Waals surface area contributed by atoms with Gasteiger partial charge in [0.05, 0.1) is 0 Å². The third-order valence-corrected chi connectivity index (χ3v) is 3.75. The zero-order valence-electron chi connectivity index (χ0n) is 12.9. The van der Waals surface area contributed by atoms with E-state index in [1.165, 1.54) is 5.56 Å². The molecule has 1 aromatic heterocycles. The maximum absolute atomic E-state index is 6.14. The quantitative estimate of drug-likeness (QED) is 0.853. The van der Waals surface area contributed by atoms with E-state index in [4.69, 9.17) is 11.6 Å². The summed E-state index contributed by atoms with van der Waals surface area (Å²) in [5, 5.41) is 8.54. The van der Waals surface area contributed by atoms with E-state index in [2.05, 4.69) is 42.2 Å². The van der Waals surface area contributed by atoms with Crippen LogP contribution in [0.1, 0.15) is 38.1 Å². The largest absolute Gasteiger partial charge is 0.314 e. The van der Waals surface area contributed by atoms with E-state index in [-0.39, 0.29) is 0 Å². The van der Waals surface area contributed by atoms with Crippen molar-refractivity contribution in [3.8, 4) is 0 Å². The van der Waals surface area contributed by atoms with Crippen LogP contribution in [0.4, 0.5) is 0 Å². The van der Waals surface area contributed by atoms with E-state index >= 15 is 0 Å². The average Bonchev–Trinajstić information content (AvgIpc) is 2.90. The molecule has 1 heterocycles. The molecule has 1 unspecified atom stereocenters. The Balaban J connectivity index is 2.19. The molecule has 0 saturated carbocycles. The fraction of sp³-hybridized carbons (Fsp3) is 0.500. The second-order valence-electron chi connectivity index (χ2n) is 5.51. The Kier molecular flexibility index (Phi) is 5.76. The van der Waals surface area contributed by atoms with Gasteiger partial charge in [-0.1, -0.05) is 37.6 Å². The highest BCUT2D eigenvalue weighted by Gasteiger charge is 2.16. The van der Waals surface area contributed by atoms with Gasteiger partial charge in [0, 0.05) is 36.5 Å². The minimum Gasteiger partial charge on any atom is -0.314 e. The molecule has 5 heteroatoms. The number of aryl methyl sites for hydroxylation is 1. The first-order chi connectivity index (χ1) is 10.1. The summed E-state index contributed by atoms with van der Waals surface area (Å²) in [7, 11) is 0. The molecular weight excluding hydrogens is 284 g/mol. The maximum Gasteiger partial charge on any atom is 0.138 e.